The van der Waals surface area contributed by atoms with E-state index in [1.54, 1.807) is 17.7 Å². The van der Waals surface area contributed by atoms with Gasteiger partial charge in [-0.05, 0) is 44.5 Å². The molecule has 1 heterocycles. The van der Waals surface area contributed by atoms with Crippen LogP contribution in [0, 0.1) is 12.7 Å². The second-order valence-electron chi connectivity index (χ2n) is 4.73. The number of aryl methyl sites for hydroxylation is 1. The molecule has 2 aromatic rings. The lowest BCUT2D eigenvalue weighted by Gasteiger charge is -2.11. The maximum atomic E-state index is 13.4. The molecule has 0 amide bonds. The van der Waals surface area contributed by atoms with Gasteiger partial charge in [-0.2, -0.15) is 5.10 Å². The Balaban J connectivity index is 2.53. The number of hydrogen-bond donors (Lipinski definition) is 0. The second-order valence-corrected chi connectivity index (χ2v) is 5.13. The highest BCUT2D eigenvalue weighted by molar-refractivity contribution is 6.34. The quantitative estimate of drug-likeness (QED) is 0.802. The minimum atomic E-state index is -0.435. The molecule has 0 bridgehead atoms. The maximum absolute atomic E-state index is 13.4. The third kappa shape index (κ3) is 2.68. The average molecular weight is 281 g/mol. The lowest BCUT2D eigenvalue weighted by molar-refractivity contribution is 0.102. The Morgan fingerprint density at radius 3 is 2.63 bits per heavy atom. The van der Waals surface area contributed by atoms with Gasteiger partial charge in [-0.25, -0.2) is 4.39 Å². The van der Waals surface area contributed by atoms with Crippen LogP contribution in [0.15, 0.2) is 24.4 Å². The summed E-state index contributed by atoms with van der Waals surface area (Å²) in [5, 5.41) is 4.36. The molecule has 0 saturated heterocycles. The van der Waals surface area contributed by atoms with Crippen LogP contribution in [0.2, 0.25) is 5.02 Å². The number of carbonyl (C=O) groups excluding carboxylic acids is 1. The first kappa shape index (κ1) is 13.7. The van der Waals surface area contributed by atoms with Gasteiger partial charge in [0.25, 0.3) is 0 Å². The summed E-state index contributed by atoms with van der Waals surface area (Å²) >= 11 is 6.02. The van der Waals surface area contributed by atoms with Gasteiger partial charge in [0.15, 0.2) is 0 Å². The molecule has 0 spiro atoms. The summed E-state index contributed by atoms with van der Waals surface area (Å²) in [6.45, 7) is 5.54. The molecular formula is C14H14ClFN2O. The monoisotopic (exact) mass is 280 g/mol. The average Bonchev–Trinajstić information content (AvgIpc) is 2.69. The van der Waals surface area contributed by atoms with Crippen LogP contribution in [0.5, 0.6) is 0 Å². The van der Waals surface area contributed by atoms with E-state index in [9.17, 15) is 9.18 Å². The van der Waals surface area contributed by atoms with Gasteiger partial charge in [0.05, 0.1) is 11.2 Å². The zero-order chi connectivity index (χ0) is 14.2. The Bertz CT molecular complexity index is 614. The predicted octanol–water partition coefficient (Wildman–Crippen LogP) is 3.80. The standard InChI is InChI=1S/C14H14ClFN2O/c1-8(2)18-13(12(15)7-17-18)14(19)10-4-9(3)5-11(16)6-10/h4-8H,1-3H3. The van der Waals surface area contributed by atoms with Crippen molar-refractivity contribution in [1.29, 1.82) is 0 Å². The molecule has 0 aliphatic carbocycles. The molecule has 2 rings (SSSR count). The molecule has 0 atom stereocenters. The maximum Gasteiger partial charge on any atom is 0.212 e. The molecular weight excluding hydrogens is 267 g/mol. The lowest BCUT2D eigenvalue weighted by Crippen LogP contribution is -2.14. The van der Waals surface area contributed by atoms with Gasteiger partial charge in [-0.3, -0.25) is 9.48 Å². The molecule has 0 aliphatic heterocycles. The Labute approximate surface area is 116 Å². The second kappa shape index (κ2) is 5.13. The number of aromatic nitrogens is 2. The fourth-order valence-electron chi connectivity index (χ4n) is 1.95. The first-order valence-corrected chi connectivity index (χ1v) is 6.33. The molecule has 1 aromatic carbocycles. The van der Waals surface area contributed by atoms with Crippen LogP contribution in [0.3, 0.4) is 0 Å². The van der Waals surface area contributed by atoms with Crippen molar-refractivity contribution in [3.05, 3.63) is 52.1 Å². The molecule has 0 aliphatic rings. The Morgan fingerprint density at radius 2 is 2.05 bits per heavy atom. The van der Waals surface area contributed by atoms with E-state index in [1.807, 2.05) is 13.8 Å². The van der Waals surface area contributed by atoms with Crippen molar-refractivity contribution in [3.63, 3.8) is 0 Å². The van der Waals surface area contributed by atoms with Gasteiger partial charge in [-0.1, -0.05) is 11.6 Å². The summed E-state index contributed by atoms with van der Waals surface area (Å²) in [6, 6.07) is 4.22. The van der Waals surface area contributed by atoms with Crippen molar-refractivity contribution >= 4 is 17.4 Å². The summed E-state index contributed by atoms with van der Waals surface area (Å²) in [5.74, 6) is -0.756. The van der Waals surface area contributed by atoms with Crippen LogP contribution >= 0.6 is 11.6 Å². The van der Waals surface area contributed by atoms with Crippen LogP contribution < -0.4 is 0 Å². The molecule has 3 nitrogen and oxygen atoms in total. The zero-order valence-corrected chi connectivity index (χ0v) is 11.7. The molecule has 19 heavy (non-hydrogen) atoms. The molecule has 0 fully saturated rings. The van der Waals surface area contributed by atoms with E-state index in [2.05, 4.69) is 5.10 Å². The molecule has 0 unspecified atom stereocenters. The SMILES string of the molecule is Cc1cc(F)cc(C(=O)c2c(Cl)cnn2C(C)C)c1. The third-order valence-corrected chi connectivity index (χ3v) is 3.04. The molecule has 1 aromatic heterocycles. The predicted molar refractivity (Wildman–Crippen MR) is 72.2 cm³/mol. The summed E-state index contributed by atoms with van der Waals surface area (Å²) in [7, 11) is 0. The summed E-state index contributed by atoms with van der Waals surface area (Å²) in [4.78, 5) is 12.4. The first-order valence-electron chi connectivity index (χ1n) is 5.95. The van der Waals surface area contributed by atoms with Gasteiger partial charge in [0, 0.05) is 11.6 Å². The highest BCUT2D eigenvalue weighted by Gasteiger charge is 2.21. The van der Waals surface area contributed by atoms with Gasteiger partial charge in [0.1, 0.15) is 11.5 Å². The number of carbonyl (C=O) groups is 1. The summed E-state index contributed by atoms with van der Waals surface area (Å²) in [5.41, 5.74) is 1.26. The van der Waals surface area contributed by atoms with Crippen LogP contribution in [-0.4, -0.2) is 15.6 Å². The minimum Gasteiger partial charge on any atom is -0.287 e. The van der Waals surface area contributed by atoms with Crippen LogP contribution in [0.25, 0.3) is 0 Å². The third-order valence-electron chi connectivity index (χ3n) is 2.76. The summed E-state index contributed by atoms with van der Waals surface area (Å²) in [6.07, 6.45) is 1.43. The van der Waals surface area contributed by atoms with E-state index in [0.717, 1.165) is 0 Å². The largest absolute Gasteiger partial charge is 0.287 e. The number of nitrogens with zero attached hydrogens (tertiary/aromatic N) is 2. The van der Waals surface area contributed by atoms with Crippen LogP contribution in [-0.2, 0) is 0 Å². The van der Waals surface area contributed by atoms with Crippen molar-refractivity contribution in [2.24, 2.45) is 0 Å². The number of rotatable bonds is 3. The van der Waals surface area contributed by atoms with Gasteiger partial charge < -0.3 is 0 Å². The van der Waals surface area contributed by atoms with E-state index in [-0.39, 0.29) is 22.4 Å². The van der Waals surface area contributed by atoms with E-state index in [0.29, 0.717) is 11.3 Å². The Morgan fingerprint density at radius 1 is 1.37 bits per heavy atom. The molecule has 5 heteroatoms. The highest BCUT2D eigenvalue weighted by Crippen LogP contribution is 2.23. The molecule has 0 saturated carbocycles. The van der Waals surface area contributed by atoms with Crippen molar-refractivity contribution in [2.45, 2.75) is 26.8 Å². The van der Waals surface area contributed by atoms with Crippen LogP contribution in [0.4, 0.5) is 4.39 Å². The number of ketones is 1. The number of benzene rings is 1. The fourth-order valence-corrected chi connectivity index (χ4v) is 2.17. The number of hydrogen-bond acceptors (Lipinski definition) is 2. The number of halogens is 2. The van der Waals surface area contributed by atoms with E-state index in [1.165, 1.54) is 18.3 Å². The van der Waals surface area contributed by atoms with Crippen molar-refractivity contribution in [3.8, 4) is 0 Å². The normalized spacial score (nSPS) is 11.1. The topological polar surface area (TPSA) is 34.9 Å². The van der Waals surface area contributed by atoms with Crippen molar-refractivity contribution in [2.75, 3.05) is 0 Å². The van der Waals surface area contributed by atoms with Gasteiger partial charge >= 0.3 is 0 Å². The Hall–Kier alpha value is -1.68. The Kier molecular flexibility index (Phi) is 3.71. The fraction of sp³-hybridized carbons (Fsp3) is 0.286. The van der Waals surface area contributed by atoms with Crippen molar-refractivity contribution in [1.82, 2.24) is 9.78 Å². The first-order chi connectivity index (χ1) is 8.90. The van der Waals surface area contributed by atoms with E-state index < -0.39 is 5.82 Å². The smallest absolute Gasteiger partial charge is 0.212 e. The van der Waals surface area contributed by atoms with Gasteiger partial charge in [0.2, 0.25) is 5.78 Å². The van der Waals surface area contributed by atoms with Crippen molar-refractivity contribution < 1.29 is 9.18 Å². The molecule has 0 N–H and O–H groups in total. The van der Waals surface area contributed by atoms with E-state index in [4.69, 9.17) is 11.6 Å². The lowest BCUT2D eigenvalue weighted by atomic mass is 10.1. The zero-order valence-electron chi connectivity index (χ0n) is 10.9. The molecule has 0 radical (unpaired) electrons. The summed E-state index contributed by atoms with van der Waals surface area (Å²) < 4.78 is 14.9. The molecule has 100 valence electrons. The van der Waals surface area contributed by atoms with E-state index >= 15 is 0 Å². The van der Waals surface area contributed by atoms with Gasteiger partial charge in [-0.15, -0.1) is 0 Å². The minimum absolute atomic E-state index is 0.00102. The van der Waals surface area contributed by atoms with Crippen LogP contribution in [0.1, 0.15) is 41.5 Å². The highest BCUT2D eigenvalue weighted by atomic mass is 35.5.